The van der Waals surface area contributed by atoms with Gasteiger partial charge in [-0.1, -0.05) is 33.6 Å². The highest BCUT2D eigenvalue weighted by atomic mass is 79.9. The number of benzene rings is 2. The lowest BCUT2D eigenvalue weighted by molar-refractivity contribution is 0.0697. The van der Waals surface area contributed by atoms with Crippen LogP contribution < -0.4 is 0 Å². The monoisotopic (exact) mass is 342 g/mol. The molecule has 0 aliphatic carbocycles. The van der Waals surface area contributed by atoms with Crippen LogP contribution in [0.2, 0.25) is 5.02 Å². The summed E-state index contributed by atoms with van der Waals surface area (Å²) in [6.07, 6.45) is 0. The summed E-state index contributed by atoms with van der Waals surface area (Å²) < 4.78 is 14.0. The van der Waals surface area contributed by atoms with Crippen molar-refractivity contribution >= 4 is 33.5 Å². The average Bonchev–Trinajstić information content (AvgIpc) is 2.34. The van der Waals surface area contributed by atoms with Gasteiger partial charge in [-0.2, -0.15) is 0 Å². The summed E-state index contributed by atoms with van der Waals surface area (Å²) in [4.78, 5) is 11.3. The van der Waals surface area contributed by atoms with E-state index in [0.717, 1.165) is 0 Å². The summed E-state index contributed by atoms with van der Waals surface area (Å²) in [5.41, 5.74) is 1.50. The van der Waals surface area contributed by atoms with Crippen LogP contribution in [-0.2, 0) is 0 Å². The Hall–Kier alpha value is -1.39. The summed E-state index contributed by atoms with van der Waals surface area (Å²) in [5, 5.41) is 9.42. The van der Waals surface area contributed by atoms with Gasteiger partial charge in [0.15, 0.2) is 0 Å². The first-order chi connectivity index (χ1) is 8.90. The lowest BCUT2D eigenvalue weighted by atomic mass is 9.98. The number of aryl methyl sites for hydroxylation is 1. The first-order valence-electron chi connectivity index (χ1n) is 5.39. The van der Waals surface area contributed by atoms with E-state index in [-0.39, 0.29) is 10.6 Å². The quantitative estimate of drug-likeness (QED) is 0.841. The maximum atomic E-state index is 13.4. The van der Waals surface area contributed by atoms with Crippen molar-refractivity contribution in [2.24, 2.45) is 0 Å². The predicted molar refractivity (Wildman–Crippen MR) is 76.2 cm³/mol. The van der Waals surface area contributed by atoms with Gasteiger partial charge in [-0.15, -0.1) is 0 Å². The van der Waals surface area contributed by atoms with E-state index in [2.05, 4.69) is 15.9 Å². The number of halogens is 3. The van der Waals surface area contributed by atoms with E-state index in [4.69, 9.17) is 11.6 Å². The molecule has 1 N–H and O–H groups in total. The SMILES string of the molecule is Cc1cc(-c2ccc(Br)cc2C(=O)O)c(Cl)cc1F. The minimum Gasteiger partial charge on any atom is -0.478 e. The lowest BCUT2D eigenvalue weighted by Gasteiger charge is -2.10. The Morgan fingerprint density at radius 1 is 1.26 bits per heavy atom. The molecule has 98 valence electrons. The van der Waals surface area contributed by atoms with Crippen LogP contribution in [0, 0.1) is 12.7 Å². The van der Waals surface area contributed by atoms with Crippen molar-refractivity contribution in [2.75, 3.05) is 0 Å². The summed E-state index contributed by atoms with van der Waals surface area (Å²) in [5.74, 6) is -1.47. The highest BCUT2D eigenvalue weighted by Gasteiger charge is 2.16. The van der Waals surface area contributed by atoms with Crippen LogP contribution in [0.5, 0.6) is 0 Å². The predicted octanol–water partition coefficient (Wildman–Crippen LogP) is 4.92. The molecule has 0 aliphatic rings. The van der Waals surface area contributed by atoms with Crippen molar-refractivity contribution in [1.82, 2.24) is 0 Å². The van der Waals surface area contributed by atoms with Gasteiger partial charge < -0.3 is 5.11 Å². The molecule has 0 fully saturated rings. The first kappa shape index (κ1) is 14.0. The molecule has 0 aliphatic heterocycles. The second-order valence-corrected chi connectivity index (χ2v) is 5.40. The highest BCUT2D eigenvalue weighted by Crippen LogP contribution is 2.33. The topological polar surface area (TPSA) is 37.3 Å². The van der Waals surface area contributed by atoms with Crippen LogP contribution in [0.4, 0.5) is 4.39 Å². The molecule has 19 heavy (non-hydrogen) atoms. The van der Waals surface area contributed by atoms with Gasteiger partial charge >= 0.3 is 5.97 Å². The number of hydrogen-bond acceptors (Lipinski definition) is 1. The third kappa shape index (κ3) is 2.80. The third-order valence-electron chi connectivity index (χ3n) is 2.75. The molecule has 2 aromatic rings. The fourth-order valence-electron chi connectivity index (χ4n) is 1.79. The van der Waals surface area contributed by atoms with Gasteiger partial charge in [0.2, 0.25) is 0 Å². The van der Waals surface area contributed by atoms with Gasteiger partial charge in [0.25, 0.3) is 0 Å². The zero-order valence-electron chi connectivity index (χ0n) is 9.88. The Bertz CT molecular complexity index is 671. The zero-order valence-corrected chi connectivity index (χ0v) is 12.2. The number of carboxylic acid groups (broad SMARTS) is 1. The van der Waals surface area contributed by atoms with Crippen LogP contribution in [-0.4, -0.2) is 11.1 Å². The number of carbonyl (C=O) groups is 1. The Morgan fingerprint density at radius 2 is 1.95 bits per heavy atom. The van der Waals surface area contributed by atoms with Gasteiger partial charge in [-0.25, -0.2) is 9.18 Å². The van der Waals surface area contributed by atoms with Crippen molar-refractivity contribution < 1.29 is 14.3 Å². The van der Waals surface area contributed by atoms with E-state index < -0.39 is 11.8 Å². The van der Waals surface area contributed by atoms with Gasteiger partial charge in [0, 0.05) is 10.0 Å². The van der Waals surface area contributed by atoms with Crippen molar-refractivity contribution in [2.45, 2.75) is 6.92 Å². The first-order valence-corrected chi connectivity index (χ1v) is 6.56. The van der Waals surface area contributed by atoms with Crippen LogP contribution >= 0.6 is 27.5 Å². The van der Waals surface area contributed by atoms with Gasteiger partial charge in [-0.05, 0) is 42.3 Å². The Labute approximate surface area is 123 Å². The second kappa shape index (κ2) is 5.31. The number of rotatable bonds is 2. The molecule has 5 heteroatoms. The van der Waals surface area contributed by atoms with E-state index in [1.807, 2.05) is 0 Å². The molecule has 0 atom stereocenters. The summed E-state index contributed by atoms with van der Waals surface area (Å²) in [6, 6.07) is 7.60. The largest absolute Gasteiger partial charge is 0.478 e. The fraction of sp³-hybridized carbons (Fsp3) is 0.0714. The molecule has 2 rings (SSSR count). The Kier molecular flexibility index (Phi) is 3.92. The maximum absolute atomic E-state index is 13.4. The average molecular weight is 344 g/mol. The van der Waals surface area contributed by atoms with Gasteiger partial charge in [0.05, 0.1) is 10.6 Å². The van der Waals surface area contributed by atoms with Crippen LogP contribution in [0.25, 0.3) is 11.1 Å². The third-order valence-corrected chi connectivity index (χ3v) is 3.56. The molecule has 0 unspecified atom stereocenters. The minimum atomic E-state index is -1.06. The molecule has 0 amide bonds. The van der Waals surface area contributed by atoms with E-state index >= 15 is 0 Å². The number of hydrogen-bond donors (Lipinski definition) is 1. The van der Waals surface area contributed by atoms with Gasteiger partial charge in [0.1, 0.15) is 5.82 Å². The summed E-state index contributed by atoms with van der Waals surface area (Å²) in [7, 11) is 0. The molecule has 0 bridgehead atoms. The van der Waals surface area contributed by atoms with Crippen molar-refractivity contribution in [1.29, 1.82) is 0 Å². The molecule has 0 heterocycles. The molecule has 2 aromatic carbocycles. The second-order valence-electron chi connectivity index (χ2n) is 4.08. The highest BCUT2D eigenvalue weighted by molar-refractivity contribution is 9.10. The van der Waals surface area contributed by atoms with Crippen molar-refractivity contribution in [3.05, 3.63) is 56.8 Å². The molecule has 0 saturated heterocycles. The Morgan fingerprint density at radius 3 is 2.58 bits per heavy atom. The number of carboxylic acids is 1. The molecule has 2 nitrogen and oxygen atoms in total. The molecular weight excluding hydrogens is 335 g/mol. The normalized spacial score (nSPS) is 10.5. The van der Waals surface area contributed by atoms with E-state index in [0.29, 0.717) is 21.2 Å². The lowest BCUT2D eigenvalue weighted by Crippen LogP contribution is -2.00. The van der Waals surface area contributed by atoms with E-state index in [1.54, 1.807) is 25.1 Å². The minimum absolute atomic E-state index is 0.113. The standard InChI is InChI=1S/C14H9BrClFO2/c1-7-4-10(12(16)6-13(7)17)9-3-2-8(15)5-11(9)14(18)19/h2-6H,1H3,(H,18,19). The molecular formula is C14H9BrClFO2. The van der Waals surface area contributed by atoms with Crippen molar-refractivity contribution in [3.8, 4) is 11.1 Å². The smallest absolute Gasteiger partial charge is 0.336 e. The van der Waals surface area contributed by atoms with E-state index in [9.17, 15) is 14.3 Å². The van der Waals surface area contributed by atoms with Crippen LogP contribution in [0.1, 0.15) is 15.9 Å². The Balaban J connectivity index is 2.72. The number of aromatic carboxylic acids is 1. The van der Waals surface area contributed by atoms with Crippen LogP contribution in [0.15, 0.2) is 34.8 Å². The molecule has 0 radical (unpaired) electrons. The zero-order chi connectivity index (χ0) is 14.2. The summed E-state index contributed by atoms with van der Waals surface area (Å²) >= 11 is 9.23. The maximum Gasteiger partial charge on any atom is 0.336 e. The van der Waals surface area contributed by atoms with Crippen LogP contribution in [0.3, 0.4) is 0 Å². The molecule has 0 spiro atoms. The molecule has 0 aromatic heterocycles. The fourth-order valence-corrected chi connectivity index (χ4v) is 2.41. The molecule has 0 saturated carbocycles. The van der Waals surface area contributed by atoms with E-state index in [1.165, 1.54) is 12.1 Å². The van der Waals surface area contributed by atoms with Crippen molar-refractivity contribution in [3.63, 3.8) is 0 Å². The summed E-state index contributed by atoms with van der Waals surface area (Å²) in [6.45, 7) is 1.61. The van der Waals surface area contributed by atoms with Gasteiger partial charge in [-0.3, -0.25) is 0 Å².